The van der Waals surface area contributed by atoms with E-state index >= 15 is 0 Å². The van der Waals surface area contributed by atoms with Crippen molar-refractivity contribution in [2.45, 2.75) is 24.5 Å². The topological polar surface area (TPSA) is 89.8 Å². The molecule has 0 spiro atoms. The maximum Gasteiger partial charge on any atom is 0.231 e. The third-order valence-corrected chi connectivity index (χ3v) is 4.80. The van der Waals surface area contributed by atoms with E-state index in [0.717, 1.165) is 11.3 Å². The monoisotopic (exact) mass is 381 g/mol. The first kappa shape index (κ1) is 18.8. The van der Waals surface area contributed by atoms with Gasteiger partial charge < -0.3 is 5.32 Å². The molecule has 3 aromatic rings. The van der Waals surface area contributed by atoms with Crippen molar-refractivity contribution in [3.05, 3.63) is 66.2 Å². The molecule has 1 aromatic heterocycles. The van der Waals surface area contributed by atoms with Gasteiger partial charge in [-0.1, -0.05) is 60.3 Å². The van der Waals surface area contributed by atoms with Crippen LogP contribution in [0.25, 0.3) is 5.69 Å². The Bertz CT molecular complexity index is 899. The summed E-state index contributed by atoms with van der Waals surface area (Å²) < 4.78 is 1.57. The maximum absolute atomic E-state index is 12.3. The molecule has 1 N–H and O–H groups in total. The predicted octanol–water partition coefficient (Wildman–Crippen LogP) is 2.07. The second-order valence-electron chi connectivity index (χ2n) is 5.92. The number of carbonyl (C=O) groups is 2. The van der Waals surface area contributed by atoms with Gasteiger partial charge in [-0.15, -0.1) is 5.10 Å². The van der Waals surface area contributed by atoms with Crippen LogP contribution in [-0.2, 0) is 16.0 Å². The van der Waals surface area contributed by atoms with E-state index in [1.54, 1.807) is 4.68 Å². The Hall–Kier alpha value is -3.00. The number of rotatable bonds is 8. The summed E-state index contributed by atoms with van der Waals surface area (Å²) in [5.74, 6) is -0.198. The smallest absolute Gasteiger partial charge is 0.231 e. The summed E-state index contributed by atoms with van der Waals surface area (Å²) in [5.41, 5.74) is 1.81. The number of Topliss-reactive ketones (excluding diaryl/α,β-unsaturated/α-hetero) is 1. The minimum Gasteiger partial charge on any atom is -0.345 e. The number of thioether (sulfide) groups is 1. The lowest BCUT2D eigenvalue weighted by atomic mass is 10.0. The number of benzene rings is 2. The Kier molecular flexibility index (Phi) is 6.32. The van der Waals surface area contributed by atoms with E-state index in [0.29, 0.717) is 11.6 Å². The number of para-hydroxylation sites is 1. The largest absolute Gasteiger partial charge is 0.345 e. The van der Waals surface area contributed by atoms with Crippen molar-refractivity contribution >= 4 is 23.5 Å². The predicted molar refractivity (Wildman–Crippen MR) is 103 cm³/mol. The van der Waals surface area contributed by atoms with Crippen LogP contribution in [0.4, 0.5) is 0 Å². The highest BCUT2D eigenvalue weighted by molar-refractivity contribution is 7.99. The number of tetrazole rings is 1. The van der Waals surface area contributed by atoms with Crippen LogP contribution < -0.4 is 5.32 Å². The molecule has 138 valence electrons. The normalized spacial score (nSPS) is 11.7. The van der Waals surface area contributed by atoms with Crippen molar-refractivity contribution in [2.24, 2.45) is 0 Å². The van der Waals surface area contributed by atoms with E-state index in [4.69, 9.17) is 0 Å². The van der Waals surface area contributed by atoms with E-state index in [1.807, 2.05) is 60.7 Å². The van der Waals surface area contributed by atoms with Crippen LogP contribution in [0.15, 0.2) is 65.8 Å². The van der Waals surface area contributed by atoms with Crippen LogP contribution in [0.1, 0.15) is 12.5 Å². The summed E-state index contributed by atoms with van der Waals surface area (Å²) in [6, 6.07) is 18.5. The average molecular weight is 381 g/mol. The molecule has 0 saturated carbocycles. The molecular formula is C19H19N5O2S. The van der Waals surface area contributed by atoms with Crippen LogP contribution in [-0.4, -0.2) is 43.7 Å². The van der Waals surface area contributed by atoms with Gasteiger partial charge in [0.15, 0.2) is 5.78 Å². The van der Waals surface area contributed by atoms with E-state index in [9.17, 15) is 9.59 Å². The summed E-state index contributed by atoms with van der Waals surface area (Å²) in [7, 11) is 0. The zero-order chi connectivity index (χ0) is 19.1. The standard InChI is InChI=1S/C19H19N5O2S/c1-14(25)17(12-15-8-4-2-5-9-15)20-18(26)13-27-19-21-22-23-24(19)16-10-6-3-7-11-16/h2-11,17H,12-13H2,1H3,(H,20,26)/t17-/m1/s1. The second-order valence-corrected chi connectivity index (χ2v) is 6.86. The van der Waals surface area contributed by atoms with E-state index in [2.05, 4.69) is 20.8 Å². The van der Waals surface area contributed by atoms with Crippen LogP contribution >= 0.6 is 11.8 Å². The highest BCUT2D eigenvalue weighted by atomic mass is 32.2. The molecule has 0 aliphatic heterocycles. The summed E-state index contributed by atoms with van der Waals surface area (Å²) in [5, 5.41) is 14.9. The number of aromatic nitrogens is 4. The lowest BCUT2D eigenvalue weighted by molar-refractivity contribution is -0.125. The van der Waals surface area contributed by atoms with Gasteiger partial charge in [-0.2, -0.15) is 4.68 Å². The van der Waals surface area contributed by atoms with Gasteiger partial charge in [0.25, 0.3) is 0 Å². The van der Waals surface area contributed by atoms with E-state index in [1.165, 1.54) is 18.7 Å². The molecule has 8 heteroatoms. The van der Waals surface area contributed by atoms with Crippen LogP contribution in [0, 0.1) is 0 Å². The van der Waals surface area contributed by atoms with Crippen molar-refractivity contribution in [3.63, 3.8) is 0 Å². The summed E-state index contributed by atoms with van der Waals surface area (Å²) in [6.07, 6.45) is 0.467. The minimum atomic E-state index is -0.550. The molecule has 0 aliphatic carbocycles. The van der Waals surface area contributed by atoms with Crippen molar-refractivity contribution in [1.29, 1.82) is 0 Å². The first-order valence-electron chi connectivity index (χ1n) is 8.44. The molecule has 0 bridgehead atoms. The molecule has 2 aromatic carbocycles. The van der Waals surface area contributed by atoms with E-state index in [-0.39, 0.29) is 17.4 Å². The molecule has 1 heterocycles. The van der Waals surface area contributed by atoms with Gasteiger partial charge in [0.1, 0.15) is 0 Å². The van der Waals surface area contributed by atoms with E-state index < -0.39 is 6.04 Å². The van der Waals surface area contributed by atoms with Crippen LogP contribution in [0.2, 0.25) is 0 Å². The van der Waals surface area contributed by atoms with Gasteiger partial charge in [0.2, 0.25) is 11.1 Å². The molecule has 0 radical (unpaired) electrons. The Balaban J connectivity index is 1.59. The molecule has 0 saturated heterocycles. The fourth-order valence-corrected chi connectivity index (χ4v) is 3.21. The van der Waals surface area contributed by atoms with Gasteiger partial charge in [-0.3, -0.25) is 9.59 Å². The highest BCUT2D eigenvalue weighted by Crippen LogP contribution is 2.17. The molecule has 0 fully saturated rings. The summed E-state index contributed by atoms with van der Waals surface area (Å²) in [4.78, 5) is 24.2. The maximum atomic E-state index is 12.3. The lowest BCUT2D eigenvalue weighted by Crippen LogP contribution is -2.42. The lowest BCUT2D eigenvalue weighted by Gasteiger charge is -2.16. The average Bonchev–Trinajstić information content (AvgIpc) is 3.16. The fraction of sp³-hybridized carbons (Fsp3) is 0.211. The highest BCUT2D eigenvalue weighted by Gasteiger charge is 2.18. The summed E-state index contributed by atoms with van der Waals surface area (Å²) >= 11 is 1.22. The molecule has 0 aliphatic rings. The Morgan fingerprint density at radius 2 is 1.74 bits per heavy atom. The number of hydrogen-bond donors (Lipinski definition) is 1. The zero-order valence-corrected chi connectivity index (χ0v) is 15.6. The fourth-order valence-electron chi connectivity index (χ4n) is 2.51. The molecule has 27 heavy (non-hydrogen) atoms. The Morgan fingerprint density at radius 1 is 1.07 bits per heavy atom. The molecule has 1 amide bonds. The number of amides is 1. The summed E-state index contributed by atoms with van der Waals surface area (Å²) in [6.45, 7) is 1.48. The zero-order valence-electron chi connectivity index (χ0n) is 14.8. The Labute approximate surface area is 161 Å². The van der Waals surface area contributed by atoms with Gasteiger partial charge in [0.05, 0.1) is 17.5 Å². The molecule has 3 rings (SSSR count). The number of nitrogens with one attached hydrogen (secondary N) is 1. The number of carbonyl (C=O) groups excluding carboxylic acids is 2. The first-order valence-corrected chi connectivity index (χ1v) is 9.42. The van der Waals surface area contributed by atoms with Crippen molar-refractivity contribution in [1.82, 2.24) is 25.5 Å². The second kappa shape index (κ2) is 9.09. The molecule has 7 nitrogen and oxygen atoms in total. The SMILES string of the molecule is CC(=O)[C@@H](Cc1ccccc1)NC(=O)CSc1nnnn1-c1ccccc1. The quantitative estimate of drug-likeness (QED) is 0.601. The third kappa shape index (κ3) is 5.24. The van der Waals surface area contributed by atoms with Gasteiger partial charge in [0, 0.05) is 0 Å². The minimum absolute atomic E-state index is 0.0775. The third-order valence-electron chi connectivity index (χ3n) is 3.88. The van der Waals surface area contributed by atoms with Crippen LogP contribution in [0.5, 0.6) is 0 Å². The first-order chi connectivity index (χ1) is 13.1. The number of ketones is 1. The number of hydrogen-bond acceptors (Lipinski definition) is 6. The Morgan fingerprint density at radius 3 is 2.41 bits per heavy atom. The van der Waals surface area contributed by atoms with Crippen molar-refractivity contribution < 1.29 is 9.59 Å². The molecular weight excluding hydrogens is 362 g/mol. The van der Waals surface area contributed by atoms with Crippen LogP contribution in [0.3, 0.4) is 0 Å². The number of nitrogens with zero attached hydrogens (tertiary/aromatic N) is 4. The van der Waals surface area contributed by atoms with Crippen molar-refractivity contribution in [3.8, 4) is 5.69 Å². The van der Waals surface area contributed by atoms with Gasteiger partial charge in [-0.05, 0) is 41.5 Å². The van der Waals surface area contributed by atoms with Gasteiger partial charge in [-0.25, -0.2) is 0 Å². The molecule has 1 atom stereocenters. The van der Waals surface area contributed by atoms with Crippen molar-refractivity contribution in [2.75, 3.05) is 5.75 Å². The molecule has 0 unspecified atom stereocenters. The van der Waals surface area contributed by atoms with Gasteiger partial charge >= 0.3 is 0 Å².